The van der Waals surface area contributed by atoms with E-state index in [1.54, 1.807) is 20.8 Å². The van der Waals surface area contributed by atoms with Crippen LogP contribution in [0.1, 0.15) is 33.6 Å². The van der Waals surface area contributed by atoms with Crippen LogP contribution in [-0.2, 0) is 16.1 Å². The Morgan fingerprint density at radius 3 is 2.56 bits per heavy atom. The molecule has 3 nitrogen and oxygen atoms in total. The highest BCUT2D eigenvalue weighted by Crippen LogP contribution is 2.27. The predicted molar refractivity (Wildman–Crippen MR) is 60.3 cm³/mol. The maximum Gasteiger partial charge on any atom is 0.271 e. The summed E-state index contributed by atoms with van der Waals surface area (Å²) in [5.41, 5.74) is 0. The molecule has 0 spiro atoms. The summed E-state index contributed by atoms with van der Waals surface area (Å²) in [4.78, 5) is 0. The molecular weight excluding hydrogens is 236 g/mol. The van der Waals surface area contributed by atoms with E-state index >= 15 is 0 Å². The molecule has 0 bridgehead atoms. The molecule has 0 aromatic rings. The first-order valence-corrected chi connectivity index (χ1v) is 6.27. The van der Waals surface area contributed by atoms with Gasteiger partial charge >= 0.3 is 0 Å². The lowest BCUT2D eigenvalue weighted by molar-refractivity contribution is -0.126. The molecular formula is C10H17F2NO2S. The van der Waals surface area contributed by atoms with E-state index < -0.39 is 34.7 Å². The van der Waals surface area contributed by atoms with E-state index in [1.807, 2.05) is 0 Å². The van der Waals surface area contributed by atoms with Crippen molar-refractivity contribution in [2.75, 3.05) is 6.61 Å². The number of alkyl halides is 2. The SMILES string of the molecule is CC(C)(C)[S+]([O-])N=C[C@H]1CCC(F)(F)CO1. The van der Waals surface area contributed by atoms with Gasteiger partial charge in [0.1, 0.15) is 22.7 Å². The van der Waals surface area contributed by atoms with Crippen LogP contribution in [0.25, 0.3) is 0 Å². The van der Waals surface area contributed by atoms with Gasteiger partial charge in [0, 0.05) is 6.42 Å². The third-order valence-electron chi connectivity index (χ3n) is 2.15. The minimum absolute atomic E-state index is 0.203. The molecule has 16 heavy (non-hydrogen) atoms. The Bertz CT molecular complexity index is 256. The van der Waals surface area contributed by atoms with Crippen molar-refractivity contribution in [1.29, 1.82) is 0 Å². The highest BCUT2D eigenvalue weighted by atomic mass is 32.2. The number of ether oxygens (including phenoxy) is 1. The third kappa shape index (κ3) is 4.35. The van der Waals surface area contributed by atoms with Gasteiger partial charge in [0.2, 0.25) is 0 Å². The standard InChI is InChI=1S/C10H17F2NO2S/c1-9(2,3)16(14)13-6-8-4-5-10(11,12)7-15-8/h6,8H,4-5,7H2,1-3H3/t8-,16?/m1/s1. The molecule has 1 rings (SSSR count). The molecule has 0 amide bonds. The Hall–Kier alpha value is -0.200. The molecule has 0 aromatic heterocycles. The zero-order valence-corrected chi connectivity index (χ0v) is 10.5. The highest BCUT2D eigenvalue weighted by molar-refractivity contribution is 7.91. The minimum Gasteiger partial charge on any atom is -0.591 e. The molecule has 94 valence electrons. The molecule has 0 saturated carbocycles. The van der Waals surface area contributed by atoms with E-state index in [-0.39, 0.29) is 12.8 Å². The van der Waals surface area contributed by atoms with Crippen molar-refractivity contribution in [2.45, 2.75) is 50.4 Å². The molecule has 6 heteroatoms. The molecule has 1 aliphatic rings. The van der Waals surface area contributed by atoms with Gasteiger partial charge in [0.15, 0.2) is 0 Å². The fourth-order valence-corrected chi connectivity index (χ4v) is 1.70. The maximum atomic E-state index is 12.7. The van der Waals surface area contributed by atoms with Gasteiger partial charge in [0.05, 0.1) is 12.3 Å². The van der Waals surface area contributed by atoms with Crippen LogP contribution in [0.3, 0.4) is 0 Å². The van der Waals surface area contributed by atoms with Gasteiger partial charge < -0.3 is 9.29 Å². The second kappa shape index (κ2) is 4.98. The first-order chi connectivity index (χ1) is 7.21. The summed E-state index contributed by atoms with van der Waals surface area (Å²) in [5, 5.41) is 0. The topological polar surface area (TPSA) is 44.7 Å². The maximum absolute atomic E-state index is 12.7. The van der Waals surface area contributed by atoms with Gasteiger partial charge in [-0.05, 0) is 27.2 Å². The fraction of sp³-hybridized carbons (Fsp3) is 0.900. The monoisotopic (exact) mass is 253 g/mol. The number of halogens is 2. The molecule has 0 N–H and O–H groups in total. The number of hydrogen-bond acceptors (Lipinski definition) is 3. The average molecular weight is 253 g/mol. The summed E-state index contributed by atoms with van der Waals surface area (Å²) in [6.07, 6.45) is 0.964. The smallest absolute Gasteiger partial charge is 0.271 e. The van der Waals surface area contributed by atoms with Gasteiger partial charge in [-0.3, -0.25) is 0 Å². The average Bonchev–Trinajstić information content (AvgIpc) is 2.14. The zero-order valence-electron chi connectivity index (χ0n) is 9.70. The zero-order chi connectivity index (χ0) is 12.4. The lowest BCUT2D eigenvalue weighted by Gasteiger charge is -2.26. The number of hydrogen-bond donors (Lipinski definition) is 0. The molecule has 1 fully saturated rings. The van der Waals surface area contributed by atoms with Crippen molar-refractivity contribution >= 4 is 17.6 Å². The van der Waals surface area contributed by atoms with E-state index in [9.17, 15) is 13.3 Å². The van der Waals surface area contributed by atoms with Crippen molar-refractivity contribution in [3.8, 4) is 0 Å². The van der Waals surface area contributed by atoms with Gasteiger partial charge in [-0.1, -0.05) is 4.40 Å². The Morgan fingerprint density at radius 2 is 2.12 bits per heavy atom. The van der Waals surface area contributed by atoms with Crippen LogP contribution in [-0.4, -0.2) is 34.1 Å². The van der Waals surface area contributed by atoms with Crippen molar-refractivity contribution in [2.24, 2.45) is 4.40 Å². The number of nitrogens with zero attached hydrogens (tertiary/aromatic N) is 1. The molecule has 1 aliphatic heterocycles. The lowest BCUT2D eigenvalue weighted by atomic mass is 10.1. The van der Waals surface area contributed by atoms with Crippen LogP contribution < -0.4 is 0 Å². The first-order valence-electron chi connectivity index (χ1n) is 5.16. The Kier molecular flexibility index (Phi) is 4.31. The summed E-state index contributed by atoms with van der Waals surface area (Å²) in [6.45, 7) is 4.83. The summed E-state index contributed by atoms with van der Waals surface area (Å²) in [6, 6.07) is 0. The van der Waals surface area contributed by atoms with Crippen molar-refractivity contribution < 1.29 is 18.1 Å². The van der Waals surface area contributed by atoms with Crippen LogP contribution in [0.2, 0.25) is 0 Å². The molecule has 1 unspecified atom stereocenters. The normalized spacial score (nSPS) is 28.2. The highest BCUT2D eigenvalue weighted by Gasteiger charge is 2.36. The largest absolute Gasteiger partial charge is 0.591 e. The molecule has 0 radical (unpaired) electrons. The van der Waals surface area contributed by atoms with E-state index in [1.165, 1.54) is 6.21 Å². The molecule has 0 aliphatic carbocycles. The second-order valence-electron chi connectivity index (χ2n) is 4.86. The molecule has 1 heterocycles. The first kappa shape index (κ1) is 13.9. The summed E-state index contributed by atoms with van der Waals surface area (Å²) in [7, 11) is 0. The molecule has 2 atom stereocenters. The van der Waals surface area contributed by atoms with Gasteiger partial charge in [-0.15, -0.1) is 0 Å². The quantitative estimate of drug-likeness (QED) is 0.560. The Morgan fingerprint density at radius 1 is 1.50 bits per heavy atom. The predicted octanol–water partition coefficient (Wildman–Crippen LogP) is 2.33. The van der Waals surface area contributed by atoms with Crippen LogP contribution in [0.15, 0.2) is 4.40 Å². The van der Waals surface area contributed by atoms with Gasteiger partial charge in [0.25, 0.3) is 5.92 Å². The van der Waals surface area contributed by atoms with Crippen molar-refractivity contribution in [3.05, 3.63) is 0 Å². The van der Waals surface area contributed by atoms with Crippen molar-refractivity contribution in [3.63, 3.8) is 0 Å². The van der Waals surface area contributed by atoms with Crippen molar-refractivity contribution in [1.82, 2.24) is 0 Å². The summed E-state index contributed by atoms with van der Waals surface area (Å²) >= 11 is -1.36. The minimum atomic E-state index is -2.73. The van der Waals surface area contributed by atoms with Gasteiger partial charge in [-0.2, -0.15) is 0 Å². The van der Waals surface area contributed by atoms with Crippen LogP contribution >= 0.6 is 0 Å². The summed E-state index contributed by atoms with van der Waals surface area (Å²) in [5.74, 6) is -2.73. The van der Waals surface area contributed by atoms with Crippen LogP contribution in [0.5, 0.6) is 0 Å². The Labute approximate surface area is 97.6 Å². The molecule has 1 saturated heterocycles. The Balaban J connectivity index is 2.42. The second-order valence-corrected chi connectivity index (χ2v) is 6.79. The van der Waals surface area contributed by atoms with E-state index in [0.29, 0.717) is 0 Å². The van der Waals surface area contributed by atoms with Gasteiger partial charge in [-0.25, -0.2) is 8.78 Å². The number of rotatable bonds is 2. The van der Waals surface area contributed by atoms with E-state index in [2.05, 4.69) is 4.40 Å². The fourth-order valence-electron chi connectivity index (χ4n) is 1.14. The van der Waals surface area contributed by atoms with E-state index in [4.69, 9.17) is 4.74 Å². The van der Waals surface area contributed by atoms with E-state index in [0.717, 1.165) is 0 Å². The molecule has 0 aromatic carbocycles. The third-order valence-corrected chi connectivity index (χ3v) is 3.51. The lowest BCUT2D eigenvalue weighted by Crippen LogP contribution is -2.35. The van der Waals surface area contributed by atoms with Crippen LogP contribution in [0.4, 0.5) is 8.78 Å². The van der Waals surface area contributed by atoms with Crippen LogP contribution in [0, 0.1) is 0 Å². The summed E-state index contributed by atoms with van der Waals surface area (Å²) < 4.78 is 45.3.